The molecule has 0 saturated heterocycles. The Hall–Kier alpha value is -2.12. The largest absolute Gasteiger partial charge is 0.421 e. The van der Waals surface area contributed by atoms with Gasteiger partial charge in [-0.2, -0.15) is 0 Å². The van der Waals surface area contributed by atoms with Crippen molar-refractivity contribution in [3.05, 3.63) is 70.3 Å². The predicted molar refractivity (Wildman–Crippen MR) is 98.2 cm³/mol. The molecule has 25 heavy (non-hydrogen) atoms. The maximum Gasteiger partial charge on any atom is 0.344 e. The van der Waals surface area contributed by atoms with E-state index < -0.39 is 16.0 Å². The number of sulfonamides is 1. The zero-order valence-corrected chi connectivity index (χ0v) is 15.9. The summed E-state index contributed by atoms with van der Waals surface area (Å²) in [6.07, 6.45) is 2.03. The third kappa shape index (κ3) is 3.34. The molecule has 0 bridgehead atoms. The van der Waals surface area contributed by atoms with Crippen molar-refractivity contribution in [2.45, 2.75) is 18.2 Å². The molecular formula is C18H16BrNO4S. The van der Waals surface area contributed by atoms with Gasteiger partial charge in [0.25, 0.3) is 10.0 Å². The fourth-order valence-corrected chi connectivity index (χ4v) is 4.61. The fraction of sp³-hybridized carbons (Fsp3) is 0.167. The number of rotatable bonds is 4. The van der Waals surface area contributed by atoms with Crippen LogP contribution >= 0.6 is 15.9 Å². The Morgan fingerprint density at radius 3 is 2.52 bits per heavy atom. The van der Waals surface area contributed by atoms with Gasteiger partial charge in [-0.3, -0.25) is 4.31 Å². The standard InChI is InChI=1S/C18H16BrNO4S/c1-2-11-20-12-16(14-8-4-6-10-17(14)25(20,22)23)24-18(21)13-7-3-5-9-15(13)19/h3-10,12H,2,11H2,1H3. The lowest BCUT2D eigenvalue weighted by molar-refractivity contribution is 0.0688. The summed E-state index contributed by atoms with van der Waals surface area (Å²) >= 11 is 3.32. The summed E-state index contributed by atoms with van der Waals surface area (Å²) in [5.41, 5.74) is 0.756. The molecule has 2 aromatic carbocycles. The van der Waals surface area contributed by atoms with E-state index in [0.29, 0.717) is 28.6 Å². The summed E-state index contributed by atoms with van der Waals surface area (Å²) in [5, 5.41) is 0. The van der Waals surface area contributed by atoms with Crippen LogP contribution in [0.15, 0.2) is 64.1 Å². The second-order valence-corrected chi connectivity index (χ2v) is 8.19. The molecule has 0 aromatic heterocycles. The monoisotopic (exact) mass is 421 g/mol. The minimum atomic E-state index is -3.63. The highest BCUT2D eigenvalue weighted by Crippen LogP contribution is 2.33. The van der Waals surface area contributed by atoms with E-state index in [9.17, 15) is 13.2 Å². The number of hydrogen-bond donors (Lipinski definition) is 0. The quantitative estimate of drug-likeness (QED) is 0.699. The van der Waals surface area contributed by atoms with Crippen molar-refractivity contribution in [2.75, 3.05) is 6.54 Å². The van der Waals surface area contributed by atoms with E-state index in [1.165, 1.54) is 16.6 Å². The Kier molecular flexibility index (Phi) is 4.96. The Balaban J connectivity index is 2.02. The summed E-state index contributed by atoms with van der Waals surface area (Å²) < 4.78 is 32.7. The summed E-state index contributed by atoms with van der Waals surface area (Å²) in [6.45, 7) is 2.20. The molecule has 0 radical (unpaired) electrons. The maximum absolute atomic E-state index is 12.7. The van der Waals surface area contributed by atoms with Crippen molar-refractivity contribution < 1.29 is 17.9 Å². The number of nitrogens with zero attached hydrogens (tertiary/aromatic N) is 1. The van der Waals surface area contributed by atoms with Crippen LogP contribution in [0.25, 0.3) is 5.76 Å². The number of benzene rings is 2. The van der Waals surface area contributed by atoms with Gasteiger partial charge in [0.15, 0.2) is 5.76 Å². The third-order valence-corrected chi connectivity index (χ3v) is 6.25. The molecule has 0 aliphatic carbocycles. The van der Waals surface area contributed by atoms with Gasteiger partial charge < -0.3 is 4.74 Å². The highest BCUT2D eigenvalue weighted by Gasteiger charge is 2.32. The Bertz CT molecular complexity index is 953. The first-order valence-electron chi connectivity index (χ1n) is 7.75. The molecule has 0 unspecified atom stereocenters. The third-order valence-electron chi connectivity index (χ3n) is 3.74. The van der Waals surface area contributed by atoms with E-state index in [1.54, 1.807) is 42.5 Å². The highest BCUT2D eigenvalue weighted by atomic mass is 79.9. The maximum atomic E-state index is 12.7. The molecule has 1 heterocycles. The lowest BCUT2D eigenvalue weighted by Crippen LogP contribution is -2.31. The smallest absolute Gasteiger partial charge is 0.344 e. The number of fused-ring (bicyclic) bond motifs is 1. The second-order valence-electron chi connectivity index (χ2n) is 5.47. The van der Waals surface area contributed by atoms with Crippen molar-refractivity contribution in [3.8, 4) is 0 Å². The first-order valence-corrected chi connectivity index (χ1v) is 9.98. The molecular weight excluding hydrogens is 406 g/mol. The van der Waals surface area contributed by atoms with Crippen molar-refractivity contribution in [3.63, 3.8) is 0 Å². The molecule has 130 valence electrons. The average molecular weight is 422 g/mol. The SMILES string of the molecule is CCCN1C=C(OC(=O)c2ccccc2Br)c2ccccc2S1(=O)=O. The Morgan fingerprint density at radius 2 is 1.80 bits per heavy atom. The first-order chi connectivity index (χ1) is 11.9. The van der Waals surface area contributed by atoms with Gasteiger partial charge in [0.1, 0.15) is 0 Å². The Labute approximate surface area is 155 Å². The van der Waals surface area contributed by atoms with E-state index >= 15 is 0 Å². The molecule has 0 fully saturated rings. The van der Waals surface area contributed by atoms with E-state index in [2.05, 4.69) is 15.9 Å². The minimum absolute atomic E-state index is 0.140. The average Bonchev–Trinajstić information content (AvgIpc) is 2.60. The molecule has 1 aliphatic rings. The number of carbonyl (C=O) groups is 1. The first kappa shape index (κ1) is 17.7. The summed E-state index contributed by atoms with van der Waals surface area (Å²) in [4.78, 5) is 12.6. The normalized spacial score (nSPS) is 15.3. The molecule has 1 aliphatic heterocycles. The number of carbonyl (C=O) groups excluding carboxylic acids is 1. The molecule has 7 heteroatoms. The van der Waals surface area contributed by atoms with Crippen LogP contribution in [-0.2, 0) is 14.8 Å². The van der Waals surface area contributed by atoms with E-state index in [0.717, 1.165) is 0 Å². The van der Waals surface area contributed by atoms with Crippen LogP contribution in [0.5, 0.6) is 0 Å². The zero-order valence-electron chi connectivity index (χ0n) is 13.5. The summed E-state index contributed by atoms with van der Waals surface area (Å²) in [6, 6.07) is 13.4. The number of ether oxygens (including phenoxy) is 1. The molecule has 3 rings (SSSR count). The minimum Gasteiger partial charge on any atom is -0.421 e. The predicted octanol–water partition coefficient (Wildman–Crippen LogP) is 4.02. The number of esters is 1. The molecule has 0 amide bonds. The van der Waals surface area contributed by atoms with E-state index in [1.807, 2.05) is 6.92 Å². The van der Waals surface area contributed by atoms with Crippen molar-refractivity contribution in [2.24, 2.45) is 0 Å². The highest BCUT2D eigenvalue weighted by molar-refractivity contribution is 9.10. The van der Waals surface area contributed by atoms with Gasteiger partial charge in [0, 0.05) is 16.6 Å². The van der Waals surface area contributed by atoms with Crippen LogP contribution < -0.4 is 0 Å². The lowest BCUT2D eigenvalue weighted by Gasteiger charge is -2.27. The van der Waals surface area contributed by atoms with E-state index in [4.69, 9.17) is 4.74 Å². The molecule has 0 N–H and O–H groups in total. The molecule has 5 nitrogen and oxygen atoms in total. The fourth-order valence-electron chi connectivity index (χ4n) is 2.56. The van der Waals surface area contributed by atoms with Crippen molar-refractivity contribution in [1.29, 1.82) is 0 Å². The van der Waals surface area contributed by atoms with Gasteiger partial charge in [-0.25, -0.2) is 13.2 Å². The molecule has 0 saturated carbocycles. The lowest BCUT2D eigenvalue weighted by atomic mass is 10.2. The molecule has 2 aromatic rings. The molecule has 0 spiro atoms. The second kappa shape index (κ2) is 7.01. The van der Waals surface area contributed by atoms with Crippen LogP contribution in [0.1, 0.15) is 29.3 Å². The zero-order chi connectivity index (χ0) is 18.0. The molecule has 0 atom stereocenters. The van der Waals surface area contributed by atoms with Gasteiger partial charge in [-0.05, 0) is 46.6 Å². The number of hydrogen-bond acceptors (Lipinski definition) is 4. The van der Waals surface area contributed by atoms with Gasteiger partial charge >= 0.3 is 5.97 Å². The van der Waals surface area contributed by atoms with E-state index in [-0.39, 0.29) is 10.7 Å². The van der Waals surface area contributed by atoms with Gasteiger partial charge in [-0.15, -0.1) is 0 Å². The Morgan fingerprint density at radius 1 is 1.12 bits per heavy atom. The van der Waals surface area contributed by atoms with Crippen LogP contribution in [0.2, 0.25) is 0 Å². The van der Waals surface area contributed by atoms with Gasteiger partial charge in [0.2, 0.25) is 0 Å². The van der Waals surface area contributed by atoms with Gasteiger partial charge in [0.05, 0.1) is 16.7 Å². The van der Waals surface area contributed by atoms with Crippen LogP contribution in [-0.4, -0.2) is 25.2 Å². The van der Waals surface area contributed by atoms with Crippen LogP contribution in [0, 0.1) is 0 Å². The van der Waals surface area contributed by atoms with Crippen LogP contribution in [0.4, 0.5) is 0 Å². The summed E-state index contributed by atoms with van der Waals surface area (Å²) in [7, 11) is -3.63. The summed E-state index contributed by atoms with van der Waals surface area (Å²) in [5.74, 6) is -0.330. The number of halogens is 1. The van der Waals surface area contributed by atoms with Crippen molar-refractivity contribution in [1.82, 2.24) is 4.31 Å². The van der Waals surface area contributed by atoms with Gasteiger partial charge in [-0.1, -0.05) is 31.2 Å². The van der Waals surface area contributed by atoms with Crippen molar-refractivity contribution >= 4 is 37.7 Å². The topological polar surface area (TPSA) is 63.7 Å². The van der Waals surface area contributed by atoms with Crippen LogP contribution in [0.3, 0.4) is 0 Å².